The summed E-state index contributed by atoms with van der Waals surface area (Å²) in [6, 6.07) is 6.70. The maximum atomic E-state index is 14.0. The van der Waals surface area contributed by atoms with E-state index in [9.17, 15) is 32.4 Å². The van der Waals surface area contributed by atoms with Crippen LogP contribution in [0.1, 0.15) is 44.0 Å². The molecule has 1 N–H and O–H groups in total. The number of hydrogen-bond donors (Lipinski definition) is 1. The average Bonchev–Trinajstić information content (AvgIpc) is 3.17. The Morgan fingerprint density at radius 3 is 2.46 bits per heavy atom. The summed E-state index contributed by atoms with van der Waals surface area (Å²) in [6.45, 7) is 4.61. The first kappa shape index (κ1) is 25.9. The van der Waals surface area contributed by atoms with E-state index in [0.29, 0.717) is 16.8 Å². The molecule has 1 aromatic heterocycles. The number of rotatable bonds is 4. The molecule has 35 heavy (non-hydrogen) atoms. The Morgan fingerprint density at radius 1 is 1.23 bits per heavy atom. The fourth-order valence-electron chi connectivity index (χ4n) is 3.61. The number of hydrogen-bond acceptors (Lipinski definition) is 5. The molecular formula is C24H24F4N4O3. The van der Waals surface area contributed by atoms with E-state index in [0.717, 1.165) is 17.0 Å². The topological polar surface area (TPSA) is 95.3 Å². The first-order valence-electron chi connectivity index (χ1n) is 10.8. The Morgan fingerprint density at radius 2 is 1.89 bits per heavy atom. The van der Waals surface area contributed by atoms with Crippen LogP contribution in [-0.2, 0) is 22.3 Å². The van der Waals surface area contributed by atoms with Gasteiger partial charge in [-0.1, -0.05) is 12.1 Å². The second-order valence-corrected chi connectivity index (χ2v) is 9.11. The molecule has 11 heteroatoms. The van der Waals surface area contributed by atoms with E-state index in [4.69, 9.17) is 4.74 Å². The van der Waals surface area contributed by atoms with Gasteiger partial charge in [-0.05, 0) is 44.5 Å². The number of likely N-dealkylation sites (tertiary alicyclic amines) is 1. The molecule has 1 fully saturated rings. The molecule has 0 saturated carbocycles. The van der Waals surface area contributed by atoms with Gasteiger partial charge >= 0.3 is 12.3 Å². The van der Waals surface area contributed by atoms with Gasteiger partial charge in [0.05, 0.1) is 29.9 Å². The van der Waals surface area contributed by atoms with Crippen molar-refractivity contribution in [2.24, 2.45) is 0 Å². The molecule has 2 amide bonds. The number of aromatic nitrogens is 1. The molecule has 1 aliphatic rings. The predicted octanol–water partition coefficient (Wildman–Crippen LogP) is 4.60. The fourth-order valence-corrected chi connectivity index (χ4v) is 3.61. The van der Waals surface area contributed by atoms with Gasteiger partial charge in [-0.2, -0.15) is 18.4 Å². The number of ether oxygens (including phenoxy) is 1. The minimum absolute atomic E-state index is 0.103. The minimum atomic E-state index is -4.49. The van der Waals surface area contributed by atoms with E-state index in [2.05, 4.69) is 10.3 Å². The monoisotopic (exact) mass is 492 g/mol. The highest BCUT2D eigenvalue weighted by Crippen LogP contribution is 2.32. The molecule has 0 radical (unpaired) electrons. The average molecular weight is 492 g/mol. The van der Waals surface area contributed by atoms with Crippen molar-refractivity contribution in [3.8, 4) is 17.2 Å². The van der Waals surface area contributed by atoms with Gasteiger partial charge in [0.15, 0.2) is 0 Å². The summed E-state index contributed by atoms with van der Waals surface area (Å²) in [5, 5.41) is 12.0. The van der Waals surface area contributed by atoms with E-state index in [-0.39, 0.29) is 25.1 Å². The molecule has 1 aromatic carbocycles. The van der Waals surface area contributed by atoms with Gasteiger partial charge in [-0.3, -0.25) is 14.7 Å². The van der Waals surface area contributed by atoms with E-state index in [1.54, 1.807) is 20.8 Å². The van der Waals surface area contributed by atoms with Gasteiger partial charge in [-0.15, -0.1) is 0 Å². The van der Waals surface area contributed by atoms with Gasteiger partial charge in [0, 0.05) is 18.2 Å². The summed E-state index contributed by atoms with van der Waals surface area (Å²) in [5.74, 6) is -0.599. The van der Waals surface area contributed by atoms with Crippen LogP contribution in [0.15, 0.2) is 36.5 Å². The number of amides is 2. The standard InChI is InChI=1S/C24H24F4N4O3/c1-23(2,3)35-22(34)32-13-17(25)8-20(32)21(33)31-12-18-9-19(15(10-29)11-30-18)14-4-6-16(7-5-14)24(26,27)28/h4-7,9,11,17,20H,8,12-13H2,1-3H3,(H,31,33)/t17-,20+/m1/s1. The van der Waals surface area contributed by atoms with Gasteiger partial charge < -0.3 is 10.1 Å². The molecule has 0 unspecified atom stereocenters. The number of nitriles is 1. The SMILES string of the molecule is CC(C)(C)OC(=O)N1C[C@H](F)C[C@H]1C(=O)NCc1cc(-c2ccc(C(F)(F)F)cc2)c(C#N)cn1. The number of pyridine rings is 1. The zero-order chi connectivity index (χ0) is 26.0. The molecular weight excluding hydrogens is 468 g/mol. The molecule has 3 rings (SSSR count). The lowest BCUT2D eigenvalue weighted by Crippen LogP contribution is -2.47. The van der Waals surface area contributed by atoms with Crippen LogP contribution in [0.2, 0.25) is 0 Å². The second-order valence-electron chi connectivity index (χ2n) is 9.11. The van der Waals surface area contributed by atoms with E-state index < -0.39 is 41.6 Å². The van der Waals surface area contributed by atoms with Crippen LogP contribution in [0.5, 0.6) is 0 Å². The Balaban J connectivity index is 1.74. The molecule has 2 aromatic rings. The summed E-state index contributed by atoms with van der Waals surface area (Å²) in [7, 11) is 0. The molecule has 0 aliphatic carbocycles. The van der Waals surface area contributed by atoms with Crippen LogP contribution in [-0.4, -0.2) is 46.2 Å². The molecule has 1 aliphatic heterocycles. The largest absolute Gasteiger partial charge is 0.444 e. The Kier molecular flexibility index (Phi) is 7.33. The molecule has 2 atom stereocenters. The van der Waals surface area contributed by atoms with E-state index in [1.165, 1.54) is 24.4 Å². The molecule has 186 valence electrons. The Labute approximate surface area is 199 Å². The van der Waals surface area contributed by atoms with Crippen LogP contribution in [0.4, 0.5) is 22.4 Å². The first-order chi connectivity index (χ1) is 16.3. The van der Waals surface area contributed by atoms with Crippen LogP contribution in [0, 0.1) is 11.3 Å². The van der Waals surface area contributed by atoms with Crippen LogP contribution < -0.4 is 5.32 Å². The maximum Gasteiger partial charge on any atom is 0.416 e. The quantitative estimate of drug-likeness (QED) is 0.630. The summed E-state index contributed by atoms with van der Waals surface area (Å²) in [5.41, 5.74) is -0.443. The minimum Gasteiger partial charge on any atom is -0.444 e. The second kappa shape index (κ2) is 9.90. The lowest BCUT2D eigenvalue weighted by Gasteiger charge is -2.27. The number of halogens is 4. The van der Waals surface area contributed by atoms with Crippen molar-refractivity contribution in [3.05, 3.63) is 53.3 Å². The third kappa shape index (κ3) is 6.47. The van der Waals surface area contributed by atoms with Crippen molar-refractivity contribution in [2.75, 3.05) is 6.54 Å². The van der Waals surface area contributed by atoms with Crippen molar-refractivity contribution in [1.82, 2.24) is 15.2 Å². The fraction of sp³-hybridized carbons (Fsp3) is 0.417. The highest BCUT2D eigenvalue weighted by Gasteiger charge is 2.41. The van der Waals surface area contributed by atoms with E-state index in [1.807, 2.05) is 6.07 Å². The lowest BCUT2D eigenvalue weighted by molar-refractivity contribution is -0.137. The van der Waals surface area contributed by atoms with Crippen LogP contribution >= 0.6 is 0 Å². The smallest absolute Gasteiger partial charge is 0.416 e. The number of nitrogens with zero attached hydrogens (tertiary/aromatic N) is 3. The van der Waals surface area contributed by atoms with Crippen molar-refractivity contribution in [1.29, 1.82) is 5.26 Å². The Bertz CT molecular complexity index is 1140. The third-order valence-corrected chi connectivity index (χ3v) is 5.23. The first-order valence-corrected chi connectivity index (χ1v) is 10.8. The van der Waals surface area contributed by atoms with Crippen LogP contribution in [0.25, 0.3) is 11.1 Å². The third-order valence-electron chi connectivity index (χ3n) is 5.23. The van der Waals surface area contributed by atoms with E-state index >= 15 is 0 Å². The lowest BCUT2D eigenvalue weighted by atomic mass is 10.00. The van der Waals surface area contributed by atoms with Gasteiger partial charge in [0.25, 0.3) is 0 Å². The number of benzene rings is 1. The number of alkyl halides is 4. The Hall–Kier alpha value is -3.68. The number of carbonyl (C=O) groups is 2. The molecule has 7 nitrogen and oxygen atoms in total. The summed E-state index contributed by atoms with van der Waals surface area (Å²) >= 11 is 0. The van der Waals surface area contributed by atoms with Crippen molar-refractivity contribution < 1.29 is 31.9 Å². The van der Waals surface area contributed by atoms with Gasteiger partial charge in [0.1, 0.15) is 23.9 Å². The zero-order valence-corrected chi connectivity index (χ0v) is 19.3. The normalized spacial score (nSPS) is 18.2. The maximum absolute atomic E-state index is 14.0. The summed E-state index contributed by atoms with van der Waals surface area (Å²) in [4.78, 5) is 30.3. The highest BCUT2D eigenvalue weighted by atomic mass is 19.4. The van der Waals surface area contributed by atoms with Crippen molar-refractivity contribution >= 4 is 12.0 Å². The highest BCUT2D eigenvalue weighted by molar-refractivity contribution is 5.86. The number of carbonyl (C=O) groups excluding carboxylic acids is 2. The van der Waals surface area contributed by atoms with Crippen molar-refractivity contribution in [3.63, 3.8) is 0 Å². The molecule has 1 saturated heterocycles. The predicted molar refractivity (Wildman–Crippen MR) is 117 cm³/mol. The van der Waals surface area contributed by atoms with Gasteiger partial charge in [-0.25, -0.2) is 9.18 Å². The number of nitrogens with one attached hydrogen (secondary N) is 1. The molecule has 0 bridgehead atoms. The van der Waals surface area contributed by atoms with Crippen LogP contribution in [0.3, 0.4) is 0 Å². The molecule has 0 spiro atoms. The summed E-state index contributed by atoms with van der Waals surface area (Å²) in [6.07, 6.45) is -5.58. The molecule has 2 heterocycles. The van der Waals surface area contributed by atoms with Gasteiger partial charge in [0.2, 0.25) is 5.91 Å². The van der Waals surface area contributed by atoms with Crippen molar-refractivity contribution in [2.45, 2.75) is 57.7 Å². The summed E-state index contributed by atoms with van der Waals surface area (Å²) < 4.78 is 57.9. The zero-order valence-electron chi connectivity index (χ0n) is 19.3.